The molecule has 0 bridgehead atoms. The quantitative estimate of drug-likeness (QED) is 0.345. The largest absolute Gasteiger partial charge is 0.496 e. The van der Waals surface area contributed by atoms with Crippen molar-refractivity contribution in [1.82, 2.24) is 5.32 Å². The van der Waals surface area contributed by atoms with E-state index in [4.69, 9.17) is 27.9 Å². The van der Waals surface area contributed by atoms with Gasteiger partial charge >= 0.3 is 6.03 Å². The van der Waals surface area contributed by atoms with Crippen molar-refractivity contribution in [3.05, 3.63) is 98.0 Å². The first kappa shape index (κ1) is 24.5. The zero-order chi connectivity index (χ0) is 25.3. The number of nitrogens with one attached hydrogen (secondary N) is 1. The highest BCUT2D eigenvalue weighted by atomic mass is 35.5. The van der Waals surface area contributed by atoms with E-state index in [1.165, 1.54) is 19.3 Å². The normalized spacial score (nSPS) is 14.9. The van der Waals surface area contributed by atoms with Gasteiger partial charge in [0.25, 0.3) is 11.8 Å². The van der Waals surface area contributed by atoms with Gasteiger partial charge < -0.3 is 4.74 Å². The number of halogens is 2. The highest BCUT2D eigenvalue weighted by molar-refractivity contribution is 6.42. The van der Waals surface area contributed by atoms with E-state index in [2.05, 4.69) is 23.5 Å². The number of imide groups is 2. The SMILES string of the molecule is COc1cc(/C=C2\C(=O)NC(=O)N(c3ccccc3Cl)C2=O)cc(Cl)c1Cc1cc(C)cc(C)c1. The molecule has 0 unspecified atom stereocenters. The van der Waals surface area contributed by atoms with Gasteiger partial charge in [-0.1, -0.05) is 64.7 Å². The smallest absolute Gasteiger partial charge is 0.335 e. The molecular formula is C27H22Cl2N2O4. The predicted molar refractivity (Wildman–Crippen MR) is 137 cm³/mol. The van der Waals surface area contributed by atoms with E-state index in [0.29, 0.717) is 22.8 Å². The van der Waals surface area contributed by atoms with Crippen LogP contribution in [0.25, 0.3) is 6.08 Å². The first-order chi connectivity index (χ1) is 16.7. The molecule has 1 aliphatic heterocycles. The Labute approximate surface area is 213 Å². The fourth-order valence-electron chi connectivity index (χ4n) is 4.12. The second-order valence-electron chi connectivity index (χ2n) is 8.27. The van der Waals surface area contributed by atoms with Crippen LogP contribution in [0.5, 0.6) is 5.75 Å². The maximum Gasteiger partial charge on any atom is 0.335 e. The van der Waals surface area contributed by atoms with E-state index < -0.39 is 17.8 Å². The summed E-state index contributed by atoms with van der Waals surface area (Å²) in [7, 11) is 1.53. The first-order valence-corrected chi connectivity index (χ1v) is 11.5. The molecule has 0 atom stereocenters. The van der Waals surface area contributed by atoms with Crippen molar-refractivity contribution in [2.45, 2.75) is 20.3 Å². The van der Waals surface area contributed by atoms with Crippen LogP contribution in [0.4, 0.5) is 10.5 Å². The van der Waals surface area contributed by atoms with Crippen molar-refractivity contribution < 1.29 is 19.1 Å². The van der Waals surface area contributed by atoms with Crippen LogP contribution in [0.3, 0.4) is 0 Å². The van der Waals surface area contributed by atoms with Crippen molar-refractivity contribution in [2.75, 3.05) is 12.0 Å². The van der Waals surface area contributed by atoms with Gasteiger partial charge in [-0.2, -0.15) is 0 Å². The number of hydrogen-bond donors (Lipinski definition) is 1. The lowest BCUT2D eigenvalue weighted by molar-refractivity contribution is -0.122. The number of ether oxygens (including phenoxy) is 1. The van der Waals surface area contributed by atoms with Crippen LogP contribution in [-0.4, -0.2) is 25.0 Å². The molecule has 4 rings (SSSR count). The van der Waals surface area contributed by atoms with Crippen molar-refractivity contribution in [2.24, 2.45) is 0 Å². The van der Waals surface area contributed by atoms with Crippen molar-refractivity contribution in [1.29, 1.82) is 0 Å². The molecular weight excluding hydrogens is 487 g/mol. The Balaban J connectivity index is 1.72. The number of amides is 4. The highest BCUT2D eigenvalue weighted by Gasteiger charge is 2.37. The van der Waals surface area contributed by atoms with Gasteiger partial charge in [-0.25, -0.2) is 9.69 Å². The van der Waals surface area contributed by atoms with E-state index in [1.54, 1.807) is 30.3 Å². The third kappa shape index (κ3) is 5.09. The summed E-state index contributed by atoms with van der Waals surface area (Å²) in [6.07, 6.45) is 1.93. The maximum absolute atomic E-state index is 13.2. The number of para-hydroxylation sites is 1. The number of benzene rings is 3. The van der Waals surface area contributed by atoms with Gasteiger partial charge in [0.05, 0.1) is 17.8 Å². The zero-order valence-electron chi connectivity index (χ0n) is 19.3. The topological polar surface area (TPSA) is 75.7 Å². The lowest BCUT2D eigenvalue weighted by Gasteiger charge is -2.27. The molecule has 0 aliphatic carbocycles. The number of carbonyl (C=O) groups excluding carboxylic acids is 3. The summed E-state index contributed by atoms with van der Waals surface area (Å²) in [5.74, 6) is -1.08. The van der Waals surface area contributed by atoms with E-state index in [9.17, 15) is 14.4 Å². The first-order valence-electron chi connectivity index (χ1n) is 10.8. The molecule has 1 saturated heterocycles. The Morgan fingerprint density at radius 2 is 1.63 bits per heavy atom. The lowest BCUT2D eigenvalue weighted by atomic mass is 9.98. The fourth-order valence-corrected chi connectivity index (χ4v) is 4.63. The molecule has 178 valence electrons. The standard InChI is InChI=1S/C27H22Cl2N2O4/c1-15-8-16(2)10-17(9-15)11-19-22(29)13-18(14-24(19)35-3)12-20-25(32)30-27(34)31(26(20)33)23-7-5-4-6-21(23)28/h4-10,12-14H,11H2,1-3H3,(H,30,32,34)/b20-12+. The molecule has 8 heteroatoms. The van der Waals surface area contributed by atoms with E-state index >= 15 is 0 Å². The van der Waals surface area contributed by atoms with Gasteiger partial charge in [-0.05, 0) is 55.3 Å². The number of methoxy groups -OCH3 is 1. The number of urea groups is 1. The average molecular weight is 509 g/mol. The molecule has 35 heavy (non-hydrogen) atoms. The third-order valence-electron chi connectivity index (χ3n) is 5.57. The maximum atomic E-state index is 13.2. The van der Waals surface area contributed by atoms with Crippen LogP contribution in [0.2, 0.25) is 10.0 Å². The highest BCUT2D eigenvalue weighted by Crippen LogP contribution is 2.33. The van der Waals surface area contributed by atoms with Crippen LogP contribution in [-0.2, 0) is 16.0 Å². The summed E-state index contributed by atoms with van der Waals surface area (Å²) in [5.41, 5.74) is 4.59. The van der Waals surface area contributed by atoms with Crippen molar-refractivity contribution >= 4 is 52.8 Å². The molecule has 4 amide bonds. The summed E-state index contributed by atoms with van der Waals surface area (Å²) in [6.45, 7) is 4.07. The minimum atomic E-state index is -0.871. The number of nitrogens with zero attached hydrogens (tertiary/aromatic N) is 1. The molecule has 6 nitrogen and oxygen atoms in total. The molecule has 0 saturated carbocycles. The van der Waals surface area contributed by atoms with Gasteiger partial charge in [-0.15, -0.1) is 0 Å². The van der Waals surface area contributed by atoms with Gasteiger partial charge in [0.15, 0.2) is 0 Å². The molecule has 1 aliphatic rings. The molecule has 1 N–H and O–H groups in total. The molecule has 0 spiro atoms. The van der Waals surface area contributed by atoms with Crippen molar-refractivity contribution in [3.8, 4) is 5.75 Å². The second kappa shape index (κ2) is 9.94. The Bertz CT molecular complexity index is 1380. The van der Waals surface area contributed by atoms with E-state index in [1.807, 2.05) is 13.8 Å². The lowest BCUT2D eigenvalue weighted by Crippen LogP contribution is -2.54. The minimum absolute atomic E-state index is 0.175. The minimum Gasteiger partial charge on any atom is -0.496 e. The monoisotopic (exact) mass is 508 g/mol. The van der Waals surface area contributed by atoms with E-state index in [0.717, 1.165) is 27.2 Å². The third-order valence-corrected chi connectivity index (χ3v) is 6.22. The Morgan fingerprint density at radius 3 is 2.29 bits per heavy atom. The Hall–Kier alpha value is -3.61. The fraction of sp³-hybridized carbons (Fsp3) is 0.148. The van der Waals surface area contributed by atoms with Gasteiger partial charge in [0.1, 0.15) is 11.3 Å². The van der Waals surface area contributed by atoms with Crippen molar-refractivity contribution in [3.63, 3.8) is 0 Å². The Morgan fingerprint density at radius 1 is 0.943 bits per heavy atom. The van der Waals surface area contributed by atoms with Gasteiger partial charge in [0, 0.05) is 17.0 Å². The molecule has 0 radical (unpaired) electrons. The van der Waals surface area contributed by atoms with E-state index in [-0.39, 0.29) is 16.3 Å². The number of aryl methyl sites for hydroxylation is 2. The molecule has 3 aromatic rings. The number of carbonyl (C=O) groups is 3. The summed E-state index contributed by atoms with van der Waals surface area (Å²) in [6, 6.07) is 15.2. The molecule has 1 heterocycles. The summed E-state index contributed by atoms with van der Waals surface area (Å²) in [4.78, 5) is 39.0. The van der Waals surface area contributed by atoms with Crippen LogP contribution in [0.15, 0.2) is 60.2 Å². The Kier molecular flexibility index (Phi) is 6.96. The van der Waals surface area contributed by atoms with Gasteiger partial charge in [0.2, 0.25) is 0 Å². The second-order valence-corrected chi connectivity index (χ2v) is 9.08. The zero-order valence-corrected chi connectivity index (χ0v) is 20.8. The summed E-state index contributed by atoms with van der Waals surface area (Å²) >= 11 is 12.8. The van der Waals surface area contributed by atoms with Crippen LogP contribution >= 0.6 is 23.2 Å². The number of anilines is 1. The summed E-state index contributed by atoms with van der Waals surface area (Å²) in [5, 5.41) is 2.82. The predicted octanol–water partition coefficient (Wildman–Crippen LogP) is 5.88. The number of rotatable bonds is 5. The van der Waals surface area contributed by atoms with Crippen LogP contribution < -0.4 is 15.0 Å². The van der Waals surface area contributed by atoms with Gasteiger partial charge in [-0.3, -0.25) is 14.9 Å². The summed E-state index contributed by atoms with van der Waals surface area (Å²) < 4.78 is 5.58. The molecule has 1 fully saturated rings. The number of barbiturate groups is 1. The van der Waals surface area contributed by atoms with Crippen LogP contribution in [0.1, 0.15) is 27.8 Å². The van der Waals surface area contributed by atoms with Crippen LogP contribution in [0, 0.1) is 13.8 Å². The molecule has 0 aromatic heterocycles. The number of hydrogen-bond acceptors (Lipinski definition) is 4. The average Bonchev–Trinajstić information content (AvgIpc) is 2.78. The molecule has 3 aromatic carbocycles.